The van der Waals surface area contributed by atoms with Gasteiger partial charge in [-0.1, -0.05) is 188 Å². The maximum atomic E-state index is 11.9. The molecule has 8 atom stereocenters. The number of carbonyl (C=O) groups is 7. The summed E-state index contributed by atoms with van der Waals surface area (Å²) in [6.07, 6.45) is 10.9. The normalized spacial score (nSPS) is 12.8. The molecule has 3 aromatic rings. The maximum Gasteiger partial charge on any atom is 0.407 e. The van der Waals surface area contributed by atoms with Crippen molar-refractivity contribution in [2.45, 2.75) is 118 Å². The van der Waals surface area contributed by atoms with Crippen LogP contribution in [0.3, 0.4) is 0 Å². The first-order valence-corrected chi connectivity index (χ1v) is 38.9. The number of aliphatic carboxylic acids is 3. The lowest BCUT2D eigenvalue weighted by molar-refractivity contribution is -0.147. The SMILES string of the molecule is CSS[C@@H](CC[C@H](C)C(=O)O)CNC(=O)OCc1ccc(N=[N+]=[N-])cc1.CSS[C@@H](CC[C@H](C)C(=O)OCC#N)CNC(=O)OCc1ccc(N=[N+]=[N-])cc1.CSS[C@@H](CC[C@H](N)C(=O)O)CNC(=O)OCc1ccc(N=[N+]=[N-])cc1.CSS[C@H](CN)CC[C@H](N)C(=O)O. The maximum absolute atomic E-state index is 11.9. The molecule has 0 aliphatic carbocycles. The molecular formula is C56H82N16O14S8. The Morgan fingerprint density at radius 3 is 1.06 bits per heavy atom. The molecule has 0 aliphatic rings. The average Bonchev–Trinajstić information content (AvgIpc) is 1.92. The van der Waals surface area contributed by atoms with Crippen LogP contribution in [0.15, 0.2) is 88.1 Å². The fraction of sp³-hybridized carbons (Fsp3) is 0.536. The minimum Gasteiger partial charge on any atom is -0.481 e. The van der Waals surface area contributed by atoms with Crippen LogP contribution < -0.4 is 33.2 Å². The van der Waals surface area contributed by atoms with Gasteiger partial charge < -0.3 is 67.4 Å². The molecule has 12 N–H and O–H groups in total. The molecule has 518 valence electrons. The van der Waals surface area contributed by atoms with Gasteiger partial charge in [-0.2, -0.15) is 5.26 Å². The van der Waals surface area contributed by atoms with Gasteiger partial charge in [-0.05, 0) is 110 Å². The van der Waals surface area contributed by atoms with E-state index >= 15 is 0 Å². The highest BCUT2D eigenvalue weighted by molar-refractivity contribution is 8.77. The number of carboxylic acids is 3. The minimum atomic E-state index is -1.03. The summed E-state index contributed by atoms with van der Waals surface area (Å²) in [7, 11) is 12.8. The molecule has 0 unspecified atom stereocenters. The van der Waals surface area contributed by atoms with Crippen LogP contribution in [0.4, 0.5) is 31.4 Å². The third kappa shape index (κ3) is 44.9. The van der Waals surface area contributed by atoms with Crippen LogP contribution in [0.1, 0.15) is 81.9 Å². The highest BCUT2D eigenvalue weighted by atomic mass is 33.1. The third-order valence-electron chi connectivity index (χ3n) is 12.2. The Morgan fingerprint density at radius 2 is 0.787 bits per heavy atom. The van der Waals surface area contributed by atoms with Crippen molar-refractivity contribution in [3.05, 3.63) is 121 Å². The van der Waals surface area contributed by atoms with Crippen molar-refractivity contribution in [2.24, 2.45) is 44.4 Å². The Morgan fingerprint density at radius 1 is 0.489 bits per heavy atom. The van der Waals surface area contributed by atoms with E-state index in [2.05, 4.69) is 46.0 Å². The number of benzene rings is 3. The molecular weight excluding hydrogens is 1380 g/mol. The van der Waals surface area contributed by atoms with Gasteiger partial charge in [0.1, 0.15) is 38.0 Å². The topological polar surface area (TPSA) is 501 Å². The van der Waals surface area contributed by atoms with Crippen LogP contribution in [0, 0.1) is 23.2 Å². The van der Waals surface area contributed by atoms with Gasteiger partial charge in [0, 0.05) is 79.0 Å². The molecule has 3 rings (SSSR count). The predicted molar refractivity (Wildman–Crippen MR) is 380 cm³/mol. The number of azide groups is 3. The number of hydrogen-bond acceptors (Lipinski definition) is 26. The van der Waals surface area contributed by atoms with E-state index < -0.39 is 60.2 Å². The van der Waals surface area contributed by atoms with Gasteiger partial charge in [0.15, 0.2) is 6.61 Å². The second-order valence-electron chi connectivity index (χ2n) is 19.3. The van der Waals surface area contributed by atoms with Crippen molar-refractivity contribution in [3.63, 3.8) is 0 Å². The number of carbonyl (C=O) groups excluding carboxylic acids is 4. The molecule has 94 heavy (non-hydrogen) atoms. The fourth-order valence-corrected chi connectivity index (χ4v) is 14.8. The first kappa shape index (κ1) is 87.5. The van der Waals surface area contributed by atoms with Gasteiger partial charge in [-0.25, -0.2) is 14.4 Å². The van der Waals surface area contributed by atoms with E-state index in [9.17, 15) is 33.6 Å². The van der Waals surface area contributed by atoms with E-state index in [4.69, 9.17) is 73.3 Å². The second-order valence-corrected chi connectivity index (χ2v) is 30.4. The molecule has 0 aliphatic heterocycles. The van der Waals surface area contributed by atoms with Gasteiger partial charge >= 0.3 is 42.2 Å². The molecule has 0 fully saturated rings. The van der Waals surface area contributed by atoms with Crippen molar-refractivity contribution >= 4 is 146 Å². The summed E-state index contributed by atoms with van der Waals surface area (Å²) < 4.78 is 20.3. The van der Waals surface area contributed by atoms with E-state index in [0.717, 1.165) is 23.1 Å². The third-order valence-corrected chi connectivity index (χ3v) is 21.3. The number of nitrogens with zero attached hydrogens (tertiary/aromatic N) is 10. The number of amides is 3. The van der Waals surface area contributed by atoms with Gasteiger partial charge in [0.25, 0.3) is 0 Å². The van der Waals surface area contributed by atoms with Crippen LogP contribution in [-0.4, -0.2) is 148 Å². The number of ether oxygens (including phenoxy) is 4. The Hall–Kier alpha value is -6.55. The Kier molecular flexibility index (Phi) is 51.8. The monoisotopic (exact) mass is 1460 g/mol. The van der Waals surface area contributed by atoms with Crippen LogP contribution in [0.2, 0.25) is 0 Å². The molecule has 0 heterocycles. The average molecular weight is 1460 g/mol. The van der Waals surface area contributed by atoms with E-state index in [1.807, 2.05) is 25.0 Å². The largest absolute Gasteiger partial charge is 0.481 e. The zero-order valence-electron chi connectivity index (χ0n) is 52.7. The Labute approximate surface area is 577 Å². The van der Waals surface area contributed by atoms with E-state index in [1.165, 1.54) is 10.8 Å². The van der Waals surface area contributed by atoms with Crippen LogP contribution >= 0.6 is 86.4 Å². The molecule has 38 heteroatoms. The van der Waals surface area contributed by atoms with Gasteiger partial charge in [0.05, 0.1) is 11.8 Å². The summed E-state index contributed by atoms with van der Waals surface area (Å²) in [5.74, 6) is -3.88. The van der Waals surface area contributed by atoms with Crippen LogP contribution in [0.5, 0.6) is 0 Å². The lowest BCUT2D eigenvalue weighted by atomic mass is 10.0. The first-order chi connectivity index (χ1) is 45.0. The quantitative estimate of drug-likeness (QED) is 0.00636. The molecule has 30 nitrogen and oxygen atoms in total. The summed E-state index contributed by atoms with van der Waals surface area (Å²) in [5.41, 5.74) is 45.2. The first-order valence-electron chi connectivity index (χ1n) is 28.4. The summed E-state index contributed by atoms with van der Waals surface area (Å²) in [6, 6.07) is 20.2. The smallest absolute Gasteiger partial charge is 0.407 e. The number of hydrogen-bond donors (Lipinski definition) is 9. The highest BCUT2D eigenvalue weighted by Gasteiger charge is 2.21. The zero-order chi connectivity index (χ0) is 70.5. The number of esters is 1. The molecule has 0 aromatic heterocycles. The van der Waals surface area contributed by atoms with E-state index in [0.29, 0.717) is 93.4 Å². The fourth-order valence-electron chi connectivity index (χ4n) is 6.96. The molecule has 3 amide bonds. The number of nitrogens with two attached hydrogens (primary N) is 3. The Bertz CT molecular complexity index is 2790. The minimum absolute atomic E-state index is 0.0334. The van der Waals surface area contributed by atoms with Crippen molar-refractivity contribution in [3.8, 4) is 6.07 Å². The van der Waals surface area contributed by atoms with E-state index in [1.54, 1.807) is 168 Å². The molecule has 3 aromatic carbocycles. The van der Waals surface area contributed by atoms with Crippen molar-refractivity contribution < 1.29 is 67.8 Å². The summed E-state index contributed by atoms with van der Waals surface area (Å²) >= 11 is 0. The molecule has 0 saturated heterocycles. The zero-order valence-corrected chi connectivity index (χ0v) is 59.2. The van der Waals surface area contributed by atoms with Crippen LogP contribution in [-0.2, 0) is 57.9 Å². The summed E-state index contributed by atoms with van der Waals surface area (Å²) in [5, 5.41) is 53.8. The number of nitrogens with one attached hydrogen (secondary N) is 3. The summed E-state index contributed by atoms with van der Waals surface area (Å²) in [4.78, 5) is 87.4. The van der Waals surface area contributed by atoms with Crippen molar-refractivity contribution in [1.82, 2.24) is 16.0 Å². The van der Waals surface area contributed by atoms with Gasteiger partial charge in [-0.15, -0.1) is 0 Å². The molecule has 0 bridgehead atoms. The molecule has 0 radical (unpaired) electrons. The molecule has 0 spiro atoms. The lowest BCUT2D eigenvalue weighted by Crippen LogP contribution is -2.34. The summed E-state index contributed by atoms with van der Waals surface area (Å²) in [6.45, 7) is 5.23. The number of carboxylic acid groups (broad SMARTS) is 3. The van der Waals surface area contributed by atoms with E-state index in [-0.39, 0.29) is 48.1 Å². The second kappa shape index (κ2) is 55.7. The predicted octanol–water partition coefficient (Wildman–Crippen LogP) is 13.4. The van der Waals surface area contributed by atoms with Crippen LogP contribution in [0.25, 0.3) is 31.3 Å². The Balaban J connectivity index is 0.00000126. The lowest BCUT2D eigenvalue weighted by Gasteiger charge is -2.17. The number of nitriles is 1. The standard InChI is InChI=1S/C18H23N5O4S2.C16H22N4O4S2.C15H21N5O4S2.C7H16N2O2S2/c1-13(17(24)26-10-9-19)3-8-16(29-28-2)11-21-18(25)27-12-14-4-6-15(7-5-14)22-23-20;1-11(15(21)22)3-8-14(26-25-2)9-18-16(23)24-10-12-4-6-13(7-5-12)19-20-17;1-25-26-12(6-7-13(16)14(21)22)8-18-15(23)24-9-10-2-4-11(5-3-10)19-20-17;1-12-13-5(4-8)2-3-6(9)7(10)11/h4-7,13,16H,3,8,10-12H2,1-2H3,(H,21,25);4-7,11,14H,3,8-10H2,1-2H3,(H,18,23)(H,21,22);2-5,12-13H,6-9,16H2,1H3,(H,18,23)(H,21,22);5-6H,2-4,8-9H2,1H3,(H,10,11)/t13-,16-;11-,14-;12-,13-;5-,6-/m0000/s1. The van der Waals surface area contributed by atoms with Gasteiger partial charge in [-0.3, -0.25) is 19.2 Å². The van der Waals surface area contributed by atoms with Crippen molar-refractivity contribution in [2.75, 3.05) is 57.8 Å². The number of rotatable bonds is 41. The van der Waals surface area contributed by atoms with Gasteiger partial charge in [0.2, 0.25) is 0 Å². The van der Waals surface area contributed by atoms with Crippen molar-refractivity contribution in [1.29, 1.82) is 5.26 Å². The number of alkyl carbamates (subject to hydrolysis) is 3. The highest BCUT2D eigenvalue weighted by Crippen LogP contribution is 2.30. The molecule has 0 saturated carbocycles.